The molecule has 1 aromatic heterocycles. The van der Waals surface area contributed by atoms with Crippen molar-refractivity contribution in [3.8, 4) is 0 Å². The third-order valence-corrected chi connectivity index (χ3v) is 3.04. The second kappa shape index (κ2) is 4.12. The van der Waals surface area contributed by atoms with Gasteiger partial charge in [0.15, 0.2) is 0 Å². The first kappa shape index (κ1) is 11.2. The first-order valence-corrected chi connectivity index (χ1v) is 5.44. The summed E-state index contributed by atoms with van der Waals surface area (Å²) in [5.41, 5.74) is 2.77. The van der Waals surface area contributed by atoms with Crippen LogP contribution in [0, 0.1) is 0 Å². The molecular weight excluding hydrogens is 170 g/mol. The van der Waals surface area contributed by atoms with Gasteiger partial charge in [-0.1, -0.05) is 40.7 Å². The molecule has 0 aliphatic heterocycles. The quantitative estimate of drug-likeness (QED) is 0.706. The highest BCUT2D eigenvalue weighted by Gasteiger charge is 2.18. The Hall–Kier alpha value is -0.850. The van der Waals surface area contributed by atoms with Crippen LogP contribution < -0.4 is 0 Å². The third-order valence-electron chi connectivity index (χ3n) is 3.04. The zero-order chi connectivity index (χ0) is 10.8. The van der Waals surface area contributed by atoms with Crippen molar-refractivity contribution in [2.24, 2.45) is 0 Å². The van der Waals surface area contributed by atoms with Crippen LogP contribution in [0.15, 0.2) is 18.3 Å². The highest BCUT2D eigenvalue weighted by Crippen LogP contribution is 2.26. The SMILES string of the molecule is CCC(C)(C)c1ccc(C(C)C)nc1. The number of aromatic nitrogens is 1. The molecule has 1 heterocycles. The molecule has 0 radical (unpaired) electrons. The minimum atomic E-state index is 0.252. The van der Waals surface area contributed by atoms with Crippen molar-refractivity contribution >= 4 is 0 Å². The van der Waals surface area contributed by atoms with Gasteiger partial charge in [-0.3, -0.25) is 4.98 Å². The van der Waals surface area contributed by atoms with Gasteiger partial charge in [0.05, 0.1) is 0 Å². The number of nitrogens with zero attached hydrogens (tertiary/aromatic N) is 1. The predicted octanol–water partition coefficient (Wildman–Crippen LogP) is 3.89. The lowest BCUT2D eigenvalue weighted by molar-refractivity contribution is 0.503. The largest absolute Gasteiger partial charge is 0.261 e. The number of pyridine rings is 1. The van der Waals surface area contributed by atoms with Crippen LogP contribution in [-0.4, -0.2) is 4.98 Å². The molecule has 0 bridgehead atoms. The molecule has 0 saturated heterocycles. The maximum atomic E-state index is 4.49. The van der Waals surface area contributed by atoms with Crippen LogP contribution in [0.2, 0.25) is 0 Å². The third kappa shape index (κ3) is 2.34. The molecule has 0 aliphatic rings. The summed E-state index contributed by atoms with van der Waals surface area (Å²) in [6.45, 7) is 11.1. The van der Waals surface area contributed by atoms with Crippen LogP contribution in [0.1, 0.15) is 58.2 Å². The maximum Gasteiger partial charge on any atom is 0.0429 e. The lowest BCUT2D eigenvalue weighted by Gasteiger charge is -2.23. The molecule has 0 aromatic carbocycles. The Morgan fingerprint density at radius 2 is 1.93 bits per heavy atom. The Morgan fingerprint density at radius 3 is 2.29 bits per heavy atom. The summed E-state index contributed by atoms with van der Waals surface area (Å²) in [5, 5.41) is 0. The van der Waals surface area contributed by atoms with Gasteiger partial charge >= 0.3 is 0 Å². The molecule has 0 spiro atoms. The molecule has 78 valence electrons. The standard InChI is InChI=1S/C13H21N/c1-6-13(4,5)11-7-8-12(10(2)3)14-9-11/h7-10H,6H2,1-5H3. The summed E-state index contributed by atoms with van der Waals surface area (Å²) in [5.74, 6) is 0.522. The van der Waals surface area contributed by atoms with E-state index in [0.29, 0.717) is 5.92 Å². The number of hydrogen-bond donors (Lipinski definition) is 0. The highest BCUT2D eigenvalue weighted by molar-refractivity contribution is 5.22. The molecule has 0 atom stereocenters. The molecule has 1 aromatic rings. The molecule has 0 fully saturated rings. The number of rotatable bonds is 3. The van der Waals surface area contributed by atoms with Crippen molar-refractivity contribution in [1.29, 1.82) is 0 Å². The molecule has 0 saturated carbocycles. The van der Waals surface area contributed by atoms with E-state index < -0.39 is 0 Å². The maximum absolute atomic E-state index is 4.49. The molecule has 0 unspecified atom stereocenters. The zero-order valence-electron chi connectivity index (χ0n) is 9.96. The van der Waals surface area contributed by atoms with Gasteiger partial charge in [-0.2, -0.15) is 0 Å². The van der Waals surface area contributed by atoms with Gasteiger partial charge < -0.3 is 0 Å². The molecule has 0 amide bonds. The van der Waals surface area contributed by atoms with Crippen LogP contribution in [0.5, 0.6) is 0 Å². The fourth-order valence-electron chi connectivity index (χ4n) is 1.35. The van der Waals surface area contributed by atoms with Gasteiger partial charge in [-0.25, -0.2) is 0 Å². The van der Waals surface area contributed by atoms with Crippen molar-refractivity contribution in [3.63, 3.8) is 0 Å². The zero-order valence-corrected chi connectivity index (χ0v) is 9.96. The molecule has 14 heavy (non-hydrogen) atoms. The Balaban J connectivity index is 2.94. The Morgan fingerprint density at radius 1 is 1.29 bits per heavy atom. The van der Waals surface area contributed by atoms with E-state index >= 15 is 0 Å². The van der Waals surface area contributed by atoms with Gasteiger partial charge in [-0.05, 0) is 29.4 Å². The topological polar surface area (TPSA) is 12.9 Å². The van der Waals surface area contributed by atoms with E-state index in [-0.39, 0.29) is 5.41 Å². The van der Waals surface area contributed by atoms with E-state index in [1.807, 2.05) is 6.20 Å². The van der Waals surface area contributed by atoms with E-state index in [2.05, 4.69) is 51.7 Å². The second-order valence-electron chi connectivity index (χ2n) is 4.86. The van der Waals surface area contributed by atoms with Crippen LogP contribution in [-0.2, 0) is 5.41 Å². The molecule has 0 aliphatic carbocycles. The van der Waals surface area contributed by atoms with Gasteiger partial charge in [0, 0.05) is 11.9 Å². The fraction of sp³-hybridized carbons (Fsp3) is 0.615. The van der Waals surface area contributed by atoms with Crippen LogP contribution in [0.25, 0.3) is 0 Å². The highest BCUT2D eigenvalue weighted by atomic mass is 14.7. The minimum Gasteiger partial charge on any atom is -0.261 e. The molecule has 1 rings (SSSR count). The van der Waals surface area contributed by atoms with Crippen molar-refractivity contribution < 1.29 is 0 Å². The van der Waals surface area contributed by atoms with Gasteiger partial charge in [-0.15, -0.1) is 0 Å². The lowest BCUT2D eigenvalue weighted by atomic mass is 9.83. The Bertz CT molecular complexity index is 283. The van der Waals surface area contributed by atoms with Crippen molar-refractivity contribution in [1.82, 2.24) is 4.98 Å². The molecule has 1 nitrogen and oxygen atoms in total. The Labute approximate surface area is 87.6 Å². The van der Waals surface area contributed by atoms with E-state index in [4.69, 9.17) is 0 Å². The van der Waals surface area contributed by atoms with Crippen molar-refractivity contribution in [2.75, 3.05) is 0 Å². The van der Waals surface area contributed by atoms with E-state index in [9.17, 15) is 0 Å². The molecule has 0 N–H and O–H groups in total. The van der Waals surface area contributed by atoms with Crippen molar-refractivity contribution in [2.45, 2.75) is 52.4 Å². The summed E-state index contributed by atoms with van der Waals surface area (Å²) in [4.78, 5) is 4.49. The van der Waals surface area contributed by atoms with Gasteiger partial charge in [0.2, 0.25) is 0 Å². The molecule has 1 heteroatoms. The average molecular weight is 191 g/mol. The summed E-state index contributed by atoms with van der Waals surface area (Å²) < 4.78 is 0. The van der Waals surface area contributed by atoms with Crippen LogP contribution in [0.3, 0.4) is 0 Å². The summed E-state index contributed by atoms with van der Waals surface area (Å²) >= 11 is 0. The normalized spacial score (nSPS) is 12.1. The lowest BCUT2D eigenvalue weighted by Crippen LogP contribution is -2.15. The van der Waals surface area contributed by atoms with Crippen molar-refractivity contribution in [3.05, 3.63) is 29.6 Å². The Kier molecular flexibility index (Phi) is 3.30. The fourth-order valence-corrected chi connectivity index (χ4v) is 1.35. The predicted molar refractivity (Wildman–Crippen MR) is 61.6 cm³/mol. The second-order valence-corrected chi connectivity index (χ2v) is 4.86. The van der Waals surface area contributed by atoms with Gasteiger partial charge in [0.1, 0.15) is 0 Å². The summed E-state index contributed by atoms with van der Waals surface area (Å²) in [6, 6.07) is 4.36. The monoisotopic (exact) mass is 191 g/mol. The average Bonchev–Trinajstić information content (AvgIpc) is 2.18. The van der Waals surface area contributed by atoms with Gasteiger partial charge in [0.25, 0.3) is 0 Å². The first-order valence-electron chi connectivity index (χ1n) is 5.44. The molecular formula is C13H21N. The van der Waals surface area contributed by atoms with E-state index in [1.54, 1.807) is 0 Å². The number of hydrogen-bond acceptors (Lipinski definition) is 1. The smallest absolute Gasteiger partial charge is 0.0429 e. The summed E-state index contributed by atoms with van der Waals surface area (Å²) in [6.07, 6.45) is 3.18. The van der Waals surface area contributed by atoms with E-state index in [1.165, 1.54) is 11.3 Å². The first-order chi connectivity index (χ1) is 6.47. The summed E-state index contributed by atoms with van der Waals surface area (Å²) in [7, 11) is 0. The van der Waals surface area contributed by atoms with Crippen LogP contribution >= 0.6 is 0 Å². The minimum absolute atomic E-state index is 0.252. The van der Waals surface area contributed by atoms with E-state index in [0.717, 1.165) is 6.42 Å². The van der Waals surface area contributed by atoms with Crippen LogP contribution in [0.4, 0.5) is 0 Å².